The van der Waals surface area contributed by atoms with Gasteiger partial charge in [0, 0.05) is 23.3 Å². The first-order valence-corrected chi connectivity index (χ1v) is 9.15. The molecule has 0 aliphatic heterocycles. The van der Waals surface area contributed by atoms with Crippen molar-refractivity contribution in [2.75, 3.05) is 0 Å². The van der Waals surface area contributed by atoms with Crippen LogP contribution in [0.5, 0.6) is 0 Å². The number of aryl methyl sites for hydroxylation is 3. The minimum Gasteiger partial charge on any atom is -0.293 e. The number of thiophene rings is 1. The molecule has 25 heavy (non-hydrogen) atoms. The number of hydrogen-bond donors (Lipinski definition) is 2. The van der Waals surface area contributed by atoms with Gasteiger partial charge in [-0.05, 0) is 61.6 Å². The Hall–Kier alpha value is -2.47. The minimum absolute atomic E-state index is 0.0419. The van der Waals surface area contributed by atoms with Crippen molar-refractivity contribution >= 4 is 28.9 Å². The molecule has 0 saturated carbocycles. The van der Waals surface area contributed by atoms with Crippen molar-refractivity contribution in [2.45, 2.75) is 39.0 Å². The summed E-state index contributed by atoms with van der Waals surface area (Å²) >= 11 is 1.42. The van der Waals surface area contributed by atoms with E-state index in [0.717, 1.165) is 24.1 Å². The summed E-state index contributed by atoms with van der Waals surface area (Å²) in [5.41, 5.74) is 7.82. The Morgan fingerprint density at radius 1 is 1.00 bits per heavy atom. The van der Waals surface area contributed by atoms with Gasteiger partial charge in [-0.15, -0.1) is 11.3 Å². The van der Waals surface area contributed by atoms with Crippen LogP contribution in [-0.4, -0.2) is 17.6 Å². The van der Waals surface area contributed by atoms with E-state index in [9.17, 15) is 14.4 Å². The number of Topliss-reactive ketones (excluding diaryl/α,β-unsaturated/α-hetero) is 1. The lowest BCUT2D eigenvalue weighted by Crippen LogP contribution is -2.41. The normalized spacial score (nSPS) is 12.5. The Bertz CT molecular complexity index is 826. The van der Waals surface area contributed by atoms with E-state index in [0.29, 0.717) is 10.4 Å². The van der Waals surface area contributed by atoms with Crippen LogP contribution < -0.4 is 10.9 Å². The highest BCUT2D eigenvalue weighted by molar-refractivity contribution is 7.14. The number of hydrazine groups is 1. The molecule has 0 radical (unpaired) electrons. The molecule has 0 bridgehead atoms. The fourth-order valence-electron chi connectivity index (χ4n) is 2.91. The van der Waals surface area contributed by atoms with Crippen molar-refractivity contribution in [3.05, 3.63) is 56.8 Å². The summed E-state index contributed by atoms with van der Waals surface area (Å²) in [5.74, 6) is -0.780. The Morgan fingerprint density at radius 2 is 1.80 bits per heavy atom. The Labute approximate surface area is 150 Å². The van der Waals surface area contributed by atoms with Crippen LogP contribution in [0.15, 0.2) is 30.3 Å². The van der Waals surface area contributed by atoms with E-state index in [1.807, 2.05) is 25.1 Å². The number of amides is 2. The zero-order valence-corrected chi connectivity index (χ0v) is 14.9. The summed E-state index contributed by atoms with van der Waals surface area (Å²) in [7, 11) is 0. The molecule has 1 aliphatic rings. The summed E-state index contributed by atoms with van der Waals surface area (Å²) in [4.78, 5) is 37.7. The second-order valence-corrected chi connectivity index (χ2v) is 7.46. The Morgan fingerprint density at radius 3 is 2.56 bits per heavy atom. The molecule has 5 nitrogen and oxygen atoms in total. The average Bonchev–Trinajstić information content (AvgIpc) is 3.25. The maximum atomic E-state index is 12.1. The highest BCUT2D eigenvalue weighted by atomic mass is 32.1. The van der Waals surface area contributed by atoms with Crippen LogP contribution in [0.3, 0.4) is 0 Å². The van der Waals surface area contributed by atoms with E-state index >= 15 is 0 Å². The van der Waals surface area contributed by atoms with E-state index in [1.165, 1.54) is 22.5 Å². The summed E-state index contributed by atoms with van der Waals surface area (Å²) in [6.45, 7) is 1.93. The average molecular weight is 356 g/mol. The van der Waals surface area contributed by atoms with Gasteiger partial charge in [-0.3, -0.25) is 25.2 Å². The molecule has 130 valence electrons. The molecule has 0 saturated heterocycles. The van der Waals surface area contributed by atoms with E-state index in [1.54, 1.807) is 12.1 Å². The van der Waals surface area contributed by atoms with Gasteiger partial charge in [-0.1, -0.05) is 6.07 Å². The lowest BCUT2D eigenvalue weighted by atomic mass is 10.1. The molecule has 0 unspecified atom stereocenters. The van der Waals surface area contributed by atoms with E-state index in [-0.39, 0.29) is 30.4 Å². The minimum atomic E-state index is -0.379. The van der Waals surface area contributed by atoms with Crippen LogP contribution in [0, 0.1) is 6.92 Å². The maximum Gasteiger partial charge on any atom is 0.269 e. The third-order valence-corrected chi connectivity index (χ3v) is 5.31. The van der Waals surface area contributed by atoms with Crippen LogP contribution in [0.1, 0.15) is 55.3 Å². The smallest absolute Gasteiger partial charge is 0.269 e. The van der Waals surface area contributed by atoms with Crippen molar-refractivity contribution in [2.24, 2.45) is 0 Å². The number of ketones is 1. The number of carbonyl (C=O) groups is 3. The highest BCUT2D eigenvalue weighted by Gasteiger charge is 2.15. The van der Waals surface area contributed by atoms with Gasteiger partial charge in [0.25, 0.3) is 5.91 Å². The van der Waals surface area contributed by atoms with Gasteiger partial charge >= 0.3 is 0 Å². The zero-order valence-electron chi connectivity index (χ0n) is 14.1. The third kappa shape index (κ3) is 4.33. The van der Waals surface area contributed by atoms with Crippen LogP contribution >= 0.6 is 11.3 Å². The van der Waals surface area contributed by atoms with Gasteiger partial charge in [0.05, 0.1) is 4.88 Å². The summed E-state index contributed by atoms with van der Waals surface area (Å²) < 4.78 is 0. The van der Waals surface area contributed by atoms with Gasteiger partial charge in [-0.25, -0.2) is 0 Å². The molecule has 0 spiro atoms. The van der Waals surface area contributed by atoms with Crippen molar-refractivity contribution < 1.29 is 14.4 Å². The van der Waals surface area contributed by atoms with Crippen molar-refractivity contribution in [3.63, 3.8) is 0 Å². The first kappa shape index (κ1) is 17.4. The van der Waals surface area contributed by atoms with Gasteiger partial charge in [-0.2, -0.15) is 0 Å². The van der Waals surface area contributed by atoms with Crippen molar-refractivity contribution in [3.8, 4) is 0 Å². The van der Waals surface area contributed by atoms with Crippen LogP contribution in [0.2, 0.25) is 0 Å². The molecular formula is C19H20N2O3S. The van der Waals surface area contributed by atoms with Gasteiger partial charge in [0.1, 0.15) is 0 Å². The topological polar surface area (TPSA) is 75.3 Å². The predicted octanol–water partition coefficient (Wildman–Crippen LogP) is 2.97. The summed E-state index contributed by atoms with van der Waals surface area (Å²) in [6.07, 6.45) is 3.34. The molecule has 6 heteroatoms. The molecular weight excluding hydrogens is 336 g/mol. The predicted molar refractivity (Wildman–Crippen MR) is 96.7 cm³/mol. The molecule has 0 atom stereocenters. The SMILES string of the molecule is Cc1ccc(C(=O)CCC(=O)NNC(=O)c2ccc3c(c2)CCC3)s1. The molecule has 1 aromatic heterocycles. The van der Waals surface area contributed by atoms with E-state index < -0.39 is 0 Å². The number of hydrogen-bond acceptors (Lipinski definition) is 4. The quantitative estimate of drug-likeness (QED) is 0.639. The highest BCUT2D eigenvalue weighted by Crippen LogP contribution is 2.22. The molecule has 1 aromatic carbocycles. The first-order chi connectivity index (χ1) is 12.0. The fourth-order valence-corrected chi connectivity index (χ4v) is 3.74. The van der Waals surface area contributed by atoms with E-state index in [2.05, 4.69) is 10.9 Å². The lowest BCUT2D eigenvalue weighted by molar-refractivity contribution is -0.121. The third-order valence-electron chi connectivity index (χ3n) is 4.27. The largest absolute Gasteiger partial charge is 0.293 e. The first-order valence-electron chi connectivity index (χ1n) is 8.33. The lowest BCUT2D eigenvalue weighted by Gasteiger charge is -2.08. The number of fused-ring (bicyclic) bond motifs is 1. The fraction of sp³-hybridized carbons (Fsp3) is 0.316. The number of rotatable bonds is 5. The number of carbonyl (C=O) groups excluding carboxylic acids is 3. The number of benzene rings is 1. The molecule has 2 amide bonds. The van der Waals surface area contributed by atoms with Crippen molar-refractivity contribution in [1.29, 1.82) is 0 Å². The molecule has 1 aliphatic carbocycles. The summed E-state index contributed by atoms with van der Waals surface area (Å²) in [6, 6.07) is 9.28. The Balaban J connectivity index is 1.45. The Kier molecular flexibility index (Phi) is 5.28. The van der Waals surface area contributed by atoms with Gasteiger partial charge < -0.3 is 0 Å². The van der Waals surface area contributed by atoms with Crippen molar-refractivity contribution in [1.82, 2.24) is 10.9 Å². The molecule has 0 fully saturated rings. The molecule has 1 heterocycles. The number of nitrogens with one attached hydrogen (secondary N) is 2. The molecule has 3 rings (SSSR count). The van der Waals surface area contributed by atoms with Crippen LogP contribution in [0.4, 0.5) is 0 Å². The van der Waals surface area contributed by atoms with Crippen LogP contribution in [0.25, 0.3) is 0 Å². The molecule has 2 N–H and O–H groups in total. The summed E-state index contributed by atoms with van der Waals surface area (Å²) in [5, 5.41) is 0. The maximum absolute atomic E-state index is 12.1. The molecule has 2 aromatic rings. The second-order valence-electron chi connectivity index (χ2n) is 6.17. The monoisotopic (exact) mass is 356 g/mol. The standard InChI is InChI=1S/C19H20N2O3S/c1-12-5-9-17(25-12)16(22)8-10-18(23)20-21-19(24)15-7-6-13-3-2-4-14(13)11-15/h5-7,9,11H,2-4,8,10H2,1H3,(H,20,23)(H,21,24). The van der Waals surface area contributed by atoms with E-state index in [4.69, 9.17) is 0 Å². The van der Waals surface area contributed by atoms with Crippen LogP contribution in [-0.2, 0) is 17.6 Å². The van der Waals surface area contributed by atoms with Gasteiger partial charge in [0.15, 0.2) is 5.78 Å². The zero-order chi connectivity index (χ0) is 17.8. The second kappa shape index (κ2) is 7.61. The van der Waals surface area contributed by atoms with Gasteiger partial charge in [0.2, 0.25) is 5.91 Å².